The summed E-state index contributed by atoms with van der Waals surface area (Å²) in [6.45, 7) is 5.93. The maximum atomic E-state index is 11.5. The summed E-state index contributed by atoms with van der Waals surface area (Å²) in [6.07, 6.45) is 2.64. The number of carbonyl (C=O) groups is 1. The Bertz CT molecular complexity index is 326. The fourth-order valence-electron chi connectivity index (χ4n) is 1.27. The molecular formula is C12H19N3O. The first-order valence-corrected chi connectivity index (χ1v) is 5.61. The highest BCUT2D eigenvalue weighted by Crippen LogP contribution is 2.07. The van der Waals surface area contributed by atoms with E-state index >= 15 is 0 Å². The molecule has 1 aromatic heterocycles. The van der Waals surface area contributed by atoms with Crippen molar-refractivity contribution in [2.75, 3.05) is 0 Å². The summed E-state index contributed by atoms with van der Waals surface area (Å²) >= 11 is 0. The van der Waals surface area contributed by atoms with E-state index in [-0.39, 0.29) is 18.1 Å². The van der Waals surface area contributed by atoms with Gasteiger partial charge in [0.2, 0.25) is 0 Å². The maximum Gasteiger partial charge on any atom is 0.315 e. The molecule has 2 atom stereocenters. The Kier molecular flexibility index (Phi) is 4.76. The number of amides is 2. The molecule has 1 rings (SSSR count). The molecule has 2 unspecified atom stereocenters. The van der Waals surface area contributed by atoms with Crippen LogP contribution in [0.3, 0.4) is 0 Å². The normalized spacial score (nSPS) is 13.9. The number of rotatable bonds is 4. The van der Waals surface area contributed by atoms with E-state index in [1.165, 1.54) is 0 Å². The Morgan fingerprint density at radius 2 is 2.12 bits per heavy atom. The van der Waals surface area contributed by atoms with E-state index in [0.29, 0.717) is 0 Å². The highest BCUT2D eigenvalue weighted by molar-refractivity contribution is 5.74. The van der Waals surface area contributed by atoms with E-state index < -0.39 is 0 Å². The number of pyridine rings is 1. The minimum absolute atomic E-state index is 0.0785. The molecule has 88 valence electrons. The van der Waals surface area contributed by atoms with E-state index in [1.807, 2.05) is 39.0 Å². The van der Waals surface area contributed by atoms with Gasteiger partial charge in [0, 0.05) is 12.2 Å². The number of hydrogen-bond acceptors (Lipinski definition) is 2. The third kappa shape index (κ3) is 3.88. The Morgan fingerprint density at radius 1 is 1.38 bits per heavy atom. The fourth-order valence-corrected chi connectivity index (χ4v) is 1.27. The number of nitrogens with one attached hydrogen (secondary N) is 2. The largest absolute Gasteiger partial charge is 0.336 e. The molecule has 0 saturated heterocycles. The molecule has 16 heavy (non-hydrogen) atoms. The number of nitrogens with zero attached hydrogens (tertiary/aromatic N) is 1. The summed E-state index contributed by atoms with van der Waals surface area (Å²) in [4.78, 5) is 15.7. The van der Waals surface area contributed by atoms with Crippen LogP contribution in [0.15, 0.2) is 24.4 Å². The van der Waals surface area contributed by atoms with E-state index in [1.54, 1.807) is 6.20 Å². The first kappa shape index (κ1) is 12.5. The summed E-state index contributed by atoms with van der Waals surface area (Å²) in [5.74, 6) is 0. The van der Waals surface area contributed by atoms with Gasteiger partial charge in [-0.2, -0.15) is 0 Å². The van der Waals surface area contributed by atoms with Crippen molar-refractivity contribution < 1.29 is 4.79 Å². The van der Waals surface area contributed by atoms with Crippen LogP contribution < -0.4 is 10.6 Å². The average Bonchev–Trinajstić information content (AvgIpc) is 2.29. The van der Waals surface area contributed by atoms with Crippen molar-refractivity contribution in [2.45, 2.75) is 39.3 Å². The van der Waals surface area contributed by atoms with Gasteiger partial charge in [-0.15, -0.1) is 0 Å². The highest BCUT2D eigenvalue weighted by Gasteiger charge is 2.11. The molecule has 2 amide bonds. The van der Waals surface area contributed by atoms with Gasteiger partial charge in [-0.25, -0.2) is 4.79 Å². The van der Waals surface area contributed by atoms with E-state index in [2.05, 4.69) is 15.6 Å². The van der Waals surface area contributed by atoms with Gasteiger partial charge in [-0.3, -0.25) is 4.98 Å². The van der Waals surface area contributed by atoms with E-state index in [4.69, 9.17) is 0 Å². The van der Waals surface area contributed by atoms with Crippen molar-refractivity contribution in [3.05, 3.63) is 30.1 Å². The molecular weight excluding hydrogens is 202 g/mol. The third-order valence-electron chi connectivity index (χ3n) is 2.47. The third-order valence-corrected chi connectivity index (χ3v) is 2.47. The smallest absolute Gasteiger partial charge is 0.315 e. The van der Waals surface area contributed by atoms with Crippen molar-refractivity contribution in [3.8, 4) is 0 Å². The van der Waals surface area contributed by atoms with Crippen molar-refractivity contribution in [2.24, 2.45) is 0 Å². The zero-order valence-electron chi connectivity index (χ0n) is 10.0. The van der Waals surface area contributed by atoms with Crippen LogP contribution >= 0.6 is 0 Å². The minimum Gasteiger partial charge on any atom is -0.336 e. The molecule has 0 fully saturated rings. The Balaban J connectivity index is 2.46. The molecule has 0 spiro atoms. The lowest BCUT2D eigenvalue weighted by molar-refractivity contribution is 0.234. The molecule has 0 aliphatic carbocycles. The monoisotopic (exact) mass is 221 g/mol. The number of hydrogen-bond donors (Lipinski definition) is 2. The molecule has 1 aromatic rings. The van der Waals surface area contributed by atoms with Crippen LogP contribution in [0.5, 0.6) is 0 Å². The molecule has 0 saturated carbocycles. The predicted molar refractivity (Wildman–Crippen MR) is 64.1 cm³/mol. The van der Waals surface area contributed by atoms with Crippen LogP contribution in [-0.4, -0.2) is 17.1 Å². The summed E-state index contributed by atoms with van der Waals surface area (Å²) in [5, 5.41) is 5.70. The van der Waals surface area contributed by atoms with Crippen LogP contribution in [0.25, 0.3) is 0 Å². The molecule has 4 nitrogen and oxygen atoms in total. The molecule has 2 N–H and O–H groups in total. The van der Waals surface area contributed by atoms with Crippen molar-refractivity contribution in [1.29, 1.82) is 0 Å². The standard InChI is InChI=1S/C12H19N3O/c1-4-9(2)14-12(16)15-10(3)11-7-5-6-8-13-11/h5-10H,4H2,1-3H3,(H2,14,15,16). The Labute approximate surface area is 96.5 Å². The number of urea groups is 1. The Morgan fingerprint density at radius 3 is 2.69 bits per heavy atom. The number of carbonyl (C=O) groups excluding carboxylic acids is 1. The van der Waals surface area contributed by atoms with Gasteiger partial charge in [0.1, 0.15) is 0 Å². The maximum absolute atomic E-state index is 11.5. The zero-order chi connectivity index (χ0) is 12.0. The Hall–Kier alpha value is -1.58. The molecule has 0 aromatic carbocycles. The minimum atomic E-state index is -0.146. The van der Waals surface area contributed by atoms with E-state index in [0.717, 1.165) is 12.1 Å². The van der Waals surface area contributed by atoms with Crippen LogP contribution in [-0.2, 0) is 0 Å². The van der Waals surface area contributed by atoms with Gasteiger partial charge in [-0.05, 0) is 32.4 Å². The second kappa shape index (κ2) is 6.10. The topological polar surface area (TPSA) is 54.0 Å². The van der Waals surface area contributed by atoms with Gasteiger partial charge in [0.25, 0.3) is 0 Å². The lowest BCUT2D eigenvalue weighted by Crippen LogP contribution is -2.41. The van der Waals surface area contributed by atoms with Gasteiger partial charge in [-0.1, -0.05) is 13.0 Å². The van der Waals surface area contributed by atoms with Crippen LogP contribution in [0.2, 0.25) is 0 Å². The first-order valence-electron chi connectivity index (χ1n) is 5.61. The fraction of sp³-hybridized carbons (Fsp3) is 0.500. The molecule has 0 bridgehead atoms. The predicted octanol–water partition coefficient (Wildman–Crippen LogP) is 2.24. The lowest BCUT2D eigenvalue weighted by atomic mass is 10.2. The summed E-state index contributed by atoms with van der Waals surface area (Å²) in [6, 6.07) is 5.63. The molecule has 0 radical (unpaired) electrons. The highest BCUT2D eigenvalue weighted by atomic mass is 16.2. The zero-order valence-corrected chi connectivity index (χ0v) is 10.0. The van der Waals surface area contributed by atoms with Crippen LogP contribution in [0.1, 0.15) is 38.9 Å². The number of aromatic nitrogens is 1. The van der Waals surface area contributed by atoms with Crippen LogP contribution in [0, 0.1) is 0 Å². The van der Waals surface area contributed by atoms with Gasteiger partial charge >= 0.3 is 6.03 Å². The molecule has 0 aliphatic heterocycles. The van der Waals surface area contributed by atoms with Gasteiger partial charge in [0.15, 0.2) is 0 Å². The van der Waals surface area contributed by atoms with Crippen molar-refractivity contribution >= 4 is 6.03 Å². The van der Waals surface area contributed by atoms with Crippen molar-refractivity contribution in [3.63, 3.8) is 0 Å². The second-order valence-electron chi connectivity index (χ2n) is 3.90. The quantitative estimate of drug-likeness (QED) is 0.819. The first-order chi connectivity index (χ1) is 7.63. The lowest BCUT2D eigenvalue weighted by Gasteiger charge is -2.16. The molecule has 0 aliphatic rings. The SMILES string of the molecule is CCC(C)NC(=O)NC(C)c1ccccn1. The van der Waals surface area contributed by atoms with Gasteiger partial charge in [0.05, 0.1) is 11.7 Å². The molecule has 4 heteroatoms. The average molecular weight is 221 g/mol. The summed E-state index contributed by atoms with van der Waals surface area (Å²) < 4.78 is 0. The summed E-state index contributed by atoms with van der Waals surface area (Å²) in [7, 11) is 0. The van der Waals surface area contributed by atoms with Crippen LogP contribution in [0.4, 0.5) is 4.79 Å². The van der Waals surface area contributed by atoms with E-state index in [9.17, 15) is 4.79 Å². The summed E-state index contributed by atoms with van der Waals surface area (Å²) in [5.41, 5.74) is 0.863. The molecule has 1 heterocycles. The van der Waals surface area contributed by atoms with Gasteiger partial charge < -0.3 is 10.6 Å². The second-order valence-corrected chi connectivity index (χ2v) is 3.90. The van der Waals surface area contributed by atoms with Crippen molar-refractivity contribution in [1.82, 2.24) is 15.6 Å².